The van der Waals surface area contributed by atoms with Crippen molar-refractivity contribution >= 4 is 5.96 Å². The third-order valence-corrected chi connectivity index (χ3v) is 4.59. The summed E-state index contributed by atoms with van der Waals surface area (Å²) in [4.78, 5) is 9.38. The predicted molar refractivity (Wildman–Crippen MR) is 105 cm³/mol. The topological polar surface area (TPSA) is 67.1 Å². The highest BCUT2D eigenvalue weighted by atomic mass is 15.4. The number of nitrogens with zero attached hydrogens (tertiary/aromatic N) is 4. The second kappa shape index (κ2) is 8.34. The molecule has 0 aliphatic carbocycles. The summed E-state index contributed by atoms with van der Waals surface area (Å²) in [5.41, 5.74) is 3.96. The van der Waals surface area contributed by atoms with E-state index in [9.17, 15) is 0 Å². The normalized spacial score (nSPS) is 17.1. The number of aryl methyl sites for hydroxylation is 4. The Morgan fingerprint density at radius 3 is 2.73 bits per heavy atom. The van der Waals surface area contributed by atoms with E-state index in [2.05, 4.69) is 59.7 Å². The molecular weight excluding hydrogens is 324 g/mol. The molecule has 140 valence electrons. The van der Waals surface area contributed by atoms with Crippen molar-refractivity contribution in [1.29, 1.82) is 0 Å². The summed E-state index contributed by atoms with van der Waals surface area (Å²) >= 11 is 0. The van der Waals surface area contributed by atoms with Crippen LogP contribution in [0.25, 0.3) is 0 Å². The maximum Gasteiger partial charge on any atom is 0.191 e. The fourth-order valence-corrected chi connectivity index (χ4v) is 3.60. The molecule has 0 radical (unpaired) electrons. The molecule has 2 heterocycles. The summed E-state index contributed by atoms with van der Waals surface area (Å²) in [7, 11) is 0. The van der Waals surface area contributed by atoms with E-state index in [0.717, 1.165) is 56.5 Å². The molecule has 0 spiro atoms. The van der Waals surface area contributed by atoms with Crippen molar-refractivity contribution in [2.24, 2.45) is 4.99 Å². The molecule has 6 nitrogen and oxygen atoms in total. The third-order valence-electron chi connectivity index (χ3n) is 4.59. The van der Waals surface area contributed by atoms with Gasteiger partial charge in [-0.05, 0) is 52.5 Å². The summed E-state index contributed by atoms with van der Waals surface area (Å²) in [6, 6.07) is 6.87. The molecular formula is C20H30N6. The number of nitrogens with one attached hydrogen (secondary N) is 2. The van der Waals surface area contributed by atoms with E-state index >= 15 is 0 Å². The van der Waals surface area contributed by atoms with Crippen LogP contribution in [-0.4, -0.2) is 33.8 Å². The number of aliphatic imine (C=N–C) groups is 1. The molecule has 1 aliphatic heterocycles. The predicted octanol–water partition coefficient (Wildman–Crippen LogP) is 2.84. The molecule has 0 saturated carbocycles. The molecule has 2 aromatic rings. The number of fused-ring (bicyclic) bond motifs is 1. The molecule has 1 unspecified atom stereocenters. The van der Waals surface area contributed by atoms with Crippen LogP contribution >= 0.6 is 0 Å². The lowest BCUT2D eigenvalue weighted by atomic mass is 10.1. The summed E-state index contributed by atoms with van der Waals surface area (Å²) in [6.45, 7) is 10.9. The molecule has 1 aromatic carbocycles. The Bertz CT molecular complexity index is 756. The molecule has 0 amide bonds. The van der Waals surface area contributed by atoms with Crippen LogP contribution in [0, 0.1) is 20.8 Å². The highest BCUT2D eigenvalue weighted by molar-refractivity contribution is 5.80. The number of aromatic nitrogens is 3. The number of benzene rings is 1. The van der Waals surface area contributed by atoms with Crippen LogP contribution in [0.15, 0.2) is 23.2 Å². The number of rotatable bonds is 5. The van der Waals surface area contributed by atoms with Gasteiger partial charge in [-0.1, -0.05) is 29.3 Å². The van der Waals surface area contributed by atoms with Crippen molar-refractivity contribution in [1.82, 2.24) is 25.4 Å². The molecule has 2 N–H and O–H groups in total. The smallest absolute Gasteiger partial charge is 0.191 e. The Labute approximate surface area is 156 Å². The first-order valence-corrected chi connectivity index (χ1v) is 9.58. The Morgan fingerprint density at radius 2 is 2.00 bits per heavy atom. The van der Waals surface area contributed by atoms with E-state index in [1.807, 2.05) is 11.6 Å². The van der Waals surface area contributed by atoms with Gasteiger partial charge in [0.25, 0.3) is 0 Å². The lowest BCUT2D eigenvalue weighted by Crippen LogP contribution is -2.41. The third kappa shape index (κ3) is 4.62. The average molecular weight is 355 g/mol. The SMILES string of the molecule is CCNC(=NCCc1cc(C)cc(C)c1)NC1CCCn2nc(C)nc21. The average Bonchev–Trinajstić information content (AvgIpc) is 2.95. The van der Waals surface area contributed by atoms with E-state index in [1.54, 1.807) is 0 Å². The Kier molecular flexibility index (Phi) is 5.91. The van der Waals surface area contributed by atoms with Crippen molar-refractivity contribution in [3.8, 4) is 0 Å². The van der Waals surface area contributed by atoms with Gasteiger partial charge in [0.1, 0.15) is 11.6 Å². The van der Waals surface area contributed by atoms with E-state index in [4.69, 9.17) is 4.99 Å². The van der Waals surface area contributed by atoms with Gasteiger partial charge >= 0.3 is 0 Å². The molecule has 1 aliphatic rings. The standard InChI is InChI=1S/C20H30N6/c1-5-21-20(22-9-8-17-12-14(2)11-15(3)13-17)24-18-7-6-10-26-19(18)23-16(4)25-26/h11-13,18H,5-10H2,1-4H3,(H2,21,22,24). The van der Waals surface area contributed by atoms with Gasteiger partial charge in [-0.3, -0.25) is 4.99 Å². The number of hydrogen-bond acceptors (Lipinski definition) is 3. The molecule has 1 atom stereocenters. The highest BCUT2D eigenvalue weighted by Gasteiger charge is 2.24. The molecule has 0 saturated heterocycles. The summed E-state index contributed by atoms with van der Waals surface area (Å²) in [5.74, 6) is 2.72. The van der Waals surface area contributed by atoms with E-state index in [1.165, 1.54) is 16.7 Å². The van der Waals surface area contributed by atoms with Crippen LogP contribution in [-0.2, 0) is 13.0 Å². The van der Waals surface area contributed by atoms with Crippen LogP contribution in [0.5, 0.6) is 0 Å². The molecule has 1 aromatic heterocycles. The summed E-state index contributed by atoms with van der Waals surface area (Å²) < 4.78 is 2.02. The monoisotopic (exact) mass is 354 g/mol. The maximum atomic E-state index is 4.78. The van der Waals surface area contributed by atoms with E-state index < -0.39 is 0 Å². The zero-order valence-electron chi connectivity index (χ0n) is 16.3. The van der Waals surface area contributed by atoms with Gasteiger partial charge in [0.2, 0.25) is 0 Å². The fraction of sp³-hybridized carbons (Fsp3) is 0.550. The molecule has 0 fully saturated rings. The number of guanidine groups is 1. The van der Waals surface area contributed by atoms with Crippen molar-refractivity contribution < 1.29 is 0 Å². The molecule has 3 rings (SSSR count). The summed E-state index contributed by atoms with van der Waals surface area (Å²) in [6.07, 6.45) is 3.11. The van der Waals surface area contributed by atoms with Crippen LogP contribution in [0.4, 0.5) is 0 Å². The lowest BCUT2D eigenvalue weighted by Gasteiger charge is -2.25. The molecule has 0 bridgehead atoms. The largest absolute Gasteiger partial charge is 0.357 e. The first-order valence-electron chi connectivity index (χ1n) is 9.58. The first-order chi connectivity index (χ1) is 12.5. The first kappa shape index (κ1) is 18.4. The Balaban J connectivity index is 1.66. The minimum atomic E-state index is 0.170. The van der Waals surface area contributed by atoms with Crippen LogP contribution < -0.4 is 10.6 Å². The quantitative estimate of drug-likeness (QED) is 0.640. The highest BCUT2D eigenvalue weighted by Crippen LogP contribution is 2.22. The van der Waals surface area contributed by atoms with Crippen molar-refractivity contribution in [2.45, 2.75) is 59.5 Å². The second-order valence-electron chi connectivity index (χ2n) is 7.09. The van der Waals surface area contributed by atoms with Gasteiger partial charge in [0.15, 0.2) is 5.96 Å². The van der Waals surface area contributed by atoms with Crippen LogP contribution in [0.2, 0.25) is 0 Å². The molecule has 26 heavy (non-hydrogen) atoms. The van der Waals surface area contributed by atoms with Gasteiger partial charge in [0, 0.05) is 19.6 Å². The van der Waals surface area contributed by atoms with Gasteiger partial charge in [-0.2, -0.15) is 5.10 Å². The maximum absolute atomic E-state index is 4.78. The van der Waals surface area contributed by atoms with E-state index in [-0.39, 0.29) is 6.04 Å². The minimum absolute atomic E-state index is 0.170. The van der Waals surface area contributed by atoms with Crippen molar-refractivity contribution in [3.05, 3.63) is 46.5 Å². The minimum Gasteiger partial charge on any atom is -0.357 e. The van der Waals surface area contributed by atoms with Crippen molar-refractivity contribution in [2.75, 3.05) is 13.1 Å². The Morgan fingerprint density at radius 1 is 1.23 bits per heavy atom. The zero-order chi connectivity index (χ0) is 18.5. The number of hydrogen-bond donors (Lipinski definition) is 2. The lowest BCUT2D eigenvalue weighted by molar-refractivity contribution is 0.397. The van der Waals surface area contributed by atoms with Crippen LogP contribution in [0.1, 0.15) is 54.1 Å². The van der Waals surface area contributed by atoms with Gasteiger partial charge in [0.05, 0.1) is 6.04 Å². The molecule has 6 heteroatoms. The van der Waals surface area contributed by atoms with Gasteiger partial charge in [-0.15, -0.1) is 0 Å². The zero-order valence-corrected chi connectivity index (χ0v) is 16.3. The Hall–Kier alpha value is -2.37. The fourth-order valence-electron chi connectivity index (χ4n) is 3.60. The van der Waals surface area contributed by atoms with Crippen LogP contribution in [0.3, 0.4) is 0 Å². The summed E-state index contributed by atoms with van der Waals surface area (Å²) in [5, 5.41) is 11.4. The van der Waals surface area contributed by atoms with E-state index in [0.29, 0.717) is 0 Å². The van der Waals surface area contributed by atoms with Gasteiger partial charge in [-0.25, -0.2) is 9.67 Å². The second-order valence-corrected chi connectivity index (χ2v) is 7.09. The van der Waals surface area contributed by atoms with Gasteiger partial charge < -0.3 is 10.6 Å². The van der Waals surface area contributed by atoms with Crippen molar-refractivity contribution in [3.63, 3.8) is 0 Å².